The smallest absolute Gasteiger partial charge is 0.239 e. The lowest BCUT2D eigenvalue weighted by molar-refractivity contribution is -0.132. The Balaban J connectivity index is 2.42. The van der Waals surface area contributed by atoms with E-state index in [2.05, 4.69) is 28.7 Å². The van der Waals surface area contributed by atoms with Crippen LogP contribution in [0.2, 0.25) is 0 Å². The van der Waals surface area contributed by atoms with Crippen LogP contribution in [-0.2, 0) is 4.79 Å². The van der Waals surface area contributed by atoms with E-state index in [-0.39, 0.29) is 5.91 Å². The minimum absolute atomic E-state index is 0.150. The van der Waals surface area contributed by atoms with E-state index in [4.69, 9.17) is 0 Å². The molecule has 1 heterocycles. The SMILES string of the molecule is CSCC(C)CNC(=O)C(C)(C)N1CCNCC1. The third-order valence-electron chi connectivity index (χ3n) is 3.53. The Kier molecular flexibility index (Phi) is 6.46. The number of carbonyl (C=O) groups excluding carboxylic acids is 1. The van der Waals surface area contributed by atoms with Gasteiger partial charge in [-0.2, -0.15) is 11.8 Å². The second-order valence-electron chi connectivity index (χ2n) is 5.57. The molecular weight excluding hydrogens is 246 g/mol. The van der Waals surface area contributed by atoms with Crippen molar-refractivity contribution in [3.8, 4) is 0 Å². The summed E-state index contributed by atoms with van der Waals surface area (Å²) in [5, 5.41) is 6.41. The van der Waals surface area contributed by atoms with Crippen molar-refractivity contribution < 1.29 is 4.79 Å². The summed E-state index contributed by atoms with van der Waals surface area (Å²) in [7, 11) is 0. The zero-order valence-electron chi connectivity index (χ0n) is 12.1. The quantitative estimate of drug-likeness (QED) is 0.751. The highest BCUT2D eigenvalue weighted by Gasteiger charge is 2.34. The highest BCUT2D eigenvalue weighted by Crippen LogP contribution is 2.15. The van der Waals surface area contributed by atoms with Crippen LogP contribution >= 0.6 is 11.8 Å². The van der Waals surface area contributed by atoms with Gasteiger partial charge in [0, 0.05) is 32.7 Å². The Morgan fingerprint density at radius 1 is 1.44 bits per heavy atom. The van der Waals surface area contributed by atoms with Gasteiger partial charge in [0.05, 0.1) is 5.54 Å². The average Bonchev–Trinajstić information content (AvgIpc) is 2.37. The summed E-state index contributed by atoms with van der Waals surface area (Å²) >= 11 is 1.83. The first-order valence-corrected chi connectivity index (χ1v) is 8.11. The molecule has 0 spiro atoms. The van der Waals surface area contributed by atoms with Crippen LogP contribution in [0.1, 0.15) is 20.8 Å². The Hall–Kier alpha value is -0.260. The second-order valence-corrected chi connectivity index (χ2v) is 6.48. The first kappa shape index (κ1) is 15.8. The van der Waals surface area contributed by atoms with Gasteiger partial charge in [0.25, 0.3) is 0 Å². The summed E-state index contributed by atoms with van der Waals surface area (Å²) in [4.78, 5) is 14.6. The molecular formula is C13H27N3OS. The zero-order valence-corrected chi connectivity index (χ0v) is 12.9. The summed E-state index contributed by atoms with van der Waals surface area (Å²) < 4.78 is 0. The van der Waals surface area contributed by atoms with Gasteiger partial charge in [-0.3, -0.25) is 9.69 Å². The minimum atomic E-state index is -0.402. The van der Waals surface area contributed by atoms with Crippen LogP contribution in [0.4, 0.5) is 0 Å². The van der Waals surface area contributed by atoms with Crippen molar-refractivity contribution >= 4 is 17.7 Å². The van der Waals surface area contributed by atoms with E-state index in [0.717, 1.165) is 38.5 Å². The van der Waals surface area contributed by atoms with Crippen LogP contribution in [0.15, 0.2) is 0 Å². The number of hydrogen-bond donors (Lipinski definition) is 2. The molecule has 1 saturated heterocycles. The summed E-state index contributed by atoms with van der Waals surface area (Å²) in [6.07, 6.45) is 2.10. The van der Waals surface area contributed by atoms with Crippen LogP contribution in [0, 0.1) is 5.92 Å². The lowest BCUT2D eigenvalue weighted by Crippen LogP contribution is -2.60. The standard InChI is InChI=1S/C13H27N3OS/c1-11(10-18-4)9-15-12(17)13(2,3)16-7-5-14-6-8-16/h11,14H,5-10H2,1-4H3,(H,15,17). The molecule has 1 atom stereocenters. The average molecular weight is 273 g/mol. The van der Waals surface area contributed by atoms with Crippen molar-refractivity contribution in [3.05, 3.63) is 0 Å². The van der Waals surface area contributed by atoms with Gasteiger partial charge in [0.1, 0.15) is 0 Å². The molecule has 0 saturated carbocycles. The maximum atomic E-state index is 12.3. The molecule has 0 radical (unpaired) electrons. The van der Waals surface area contributed by atoms with E-state index in [0.29, 0.717) is 5.92 Å². The molecule has 0 bridgehead atoms. The molecule has 1 fully saturated rings. The highest BCUT2D eigenvalue weighted by atomic mass is 32.2. The van der Waals surface area contributed by atoms with Crippen molar-refractivity contribution in [2.45, 2.75) is 26.3 Å². The van der Waals surface area contributed by atoms with Crippen LogP contribution in [-0.4, -0.2) is 61.1 Å². The molecule has 18 heavy (non-hydrogen) atoms. The highest BCUT2D eigenvalue weighted by molar-refractivity contribution is 7.98. The van der Waals surface area contributed by atoms with Crippen molar-refractivity contribution in [3.63, 3.8) is 0 Å². The number of piperazine rings is 1. The van der Waals surface area contributed by atoms with E-state index >= 15 is 0 Å². The molecule has 106 valence electrons. The summed E-state index contributed by atoms with van der Waals surface area (Å²) in [5.74, 6) is 1.77. The van der Waals surface area contributed by atoms with Gasteiger partial charge in [0.2, 0.25) is 5.91 Å². The normalized spacial score (nSPS) is 19.6. The maximum absolute atomic E-state index is 12.3. The van der Waals surface area contributed by atoms with Gasteiger partial charge in [-0.05, 0) is 31.8 Å². The van der Waals surface area contributed by atoms with Gasteiger partial charge in [-0.1, -0.05) is 6.92 Å². The molecule has 0 aromatic rings. The largest absolute Gasteiger partial charge is 0.354 e. The van der Waals surface area contributed by atoms with Gasteiger partial charge in [0.15, 0.2) is 0 Å². The van der Waals surface area contributed by atoms with E-state index < -0.39 is 5.54 Å². The van der Waals surface area contributed by atoms with Gasteiger partial charge >= 0.3 is 0 Å². The predicted octanol–water partition coefficient (Wildman–Crippen LogP) is 0.786. The third-order valence-corrected chi connectivity index (χ3v) is 4.43. The molecule has 5 heteroatoms. The number of rotatable bonds is 6. The third kappa shape index (κ3) is 4.44. The number of amides is 1. The number of nitrogens with one attached hydrogen (secondary N) is 2. The fourth-order valence-corrected chi connectivity index (χ4v) is 2.88. The molecule has 1 amide bonds. The Morgan fingerprint density at radius 2 is 2.06 bits per heavy atom. The maximum Gasteiger partial charge on any atom is 0.239 e. The summed E-state index contributed by atoms with van der Waals surface area (Å²) in [6, 6.07) is 0. The molecule has 0 aromatic carbocycles. The lowest BCUT2D eigenvalue weighted by Gasteiger charge is -2.40. The molecule has 0 aliphatic carbocycles. The van der Waals surface area contributed by atoms with E-state index in [1.54, 1.807) is 0 Å². The molecule has 0 aromatic heterocycles. The second kappa shape index (κ2) is 7.36. The predicted molar refractivity (Wildman–Crippen MR) is 79.1 cm³/mol. The van der Waals surface area contributed by atoms with Crippen molar-refractivity contribution in [1.82, 2.24) is 15.5 Å². The number of carbonyl (C=O) groups is 1. The Morgan fingerprint density at radius 3 is 2.61 bits per heavy atom. The first-order chi connectivity index (χ1) is 8.48. The summed E-state index contributed by atoms with van der Waals surface area (Å²) in [6.45, 7) is 10.8. The van der Waals surface area contributed by atoms with Crippen LogP contribution in [0.5, 0.6) is 0 Å². The Labute approximate surface area is 115 Å². The van der Waals surface area contributed by atoms with Crippen LogP contribution in [0.25, 0.3) is 0 Å². The van der Waals surface area contributed by atoms with Crippen molar-refractivity contribution in [2.24, 2.45) is 5.92 Å². The minimum Gasteiger partial charge on any atom is -0.354 e. The number of hydrogen-bond acceptors (Lipinski definition) is 4. The molecule has 1 aliphatic rings. The molecule has 1 unspecified atom stereocenters. The van der Waals surface area contributed by atoms with Crippen LogP contribution < -0.4 is 10.6 Å². The topological polar surface area (TPSA) is 44.4 Å². The van der Waals surface area contributed by atoms with Crippen LogP contribution in [0.3, 0.4) is 0 Å². The zero-order chi connectivity index (χ0) is 13.6. The monoisotopic (exact) mass is 273 g/mol. The molecule has 1 aliphatic heterocycles. The summed E-state index contributed by atoms with van der Waals surface area (Å²) in [5.41, 5.74) is -0.402. The Bertz CT molecular complexity index is 265. The van der Waals surface area contributed by atoms with E-state index in [1.807, 2.05) is 25.6 Å². The van der Waals surface area contributed by atoms with Gasteiger partial charge in [-0.25, -0.2) is 0 Å². The van der Waals surface area contributed by atoms with Gasteiger partial charge < -0.3 is 10.6 Å². The fourth-order valence-electron chi connectivity index (χ4n) is 2.19. The van der Waals surface area contributed by atoms with Crippen molar-refractivity contribution in [2.75, 3.05) is 44.7 Å². The van der Waals surface area contributed by atoms with Gasteiger partial charge in [-0.15, -0.1) is 0 Å². The lowest BCUT2D eigenvalue weighted by atomic mass is 10.00. The first-order valence-electron chi connectivity index (χ1n) is 6.71. The van der Waals surface area contributed by atoms with E-state index in [1.165, 1.54) is 0 Å². The van der Waals surface area contributed by atoms with Crippen molar-refractivity contribution in [1.29, 1.82) is 0 Å². The fraction of sp³-hybridized carbons (Fsp3) is 0.923. The molecule has 1 rings (SSSR count). The molecule has 2 N–H and O–H groups in total. The number of thioether (sulfide) groups is 1. The van der Waals surface area contributed by atoms with E-state index in [9.17, 15) is 4.79 Å². The molecule has 4 nitrogen and oxygen atoms in total. The number of nitrogens with zero attached hydrogens (tertiary/aromatic N) is 1.